The Morgan fingerprint density at radius 2 is 1.76 bits per heavy atom. The van der Waals surface area contributed by atoms with E-state index in [2.05, 4.69) is 15.9 Å². The van der Waals surface area contributed by atoms with Gasteiger partial charge in [-0.05, 0) is 29.8 Å². The standard InChI is InChI=1S/C15H17BrN2O2S/c1-18(10-11-6-8-12(16)9-7-11)13-4-3-5-14(15(13)17)21(2,19)20/h3-9H,10,17H2,1-2H3. The van der Waals surface area contributed by atoms with Crippen molar-refractivity contribution in [3.8, 4) is 0 Å². The zero-order chi connectivity index (χ0) is 15.6. The van der Waals surface area contributed by atoms with E-state index in [-0.39, 0.29) is 4.90 Å². The summed E-state index contributed by atoms with van der Waals surface area (Å²) in [6, 6.07) is 13.0. The van der Waals surface area contributed by atoms with E-state index in [1.54, 1.807) is 6.07 Å². The Bertz CT molecular complexity index is 743. The molecule has 0 saturated heterocycles. The molecule has 0 aromatic heterocycles. The van der Waals surface area contributed by atoms with Gasteiger partial charge in [-0.2, -0.15) is 0 Å². The Morgan fingerprint density at radius 1 is 1.14 bits per heavy atom. The van der Waals surface area contributed by atoms with Crippen LogP contribution in [0.4, 0.5) is 11.4 Å². The van der Waals surface area contributed by atoms with Gasteiger partial charge in [-0.25, -0.2) is 8.42 Å². The largest absolute Gasteiger partial charge is 0.396 e. The van der Waals surface area contributed by atoms with Crippen LogP contribution in [0, 0.1) is 0 Å². The van der Waals surface area contributed by atoms with E-state index in [1.165, 1.54) is 6.07 Å². The highest BCUT2D eigenvalue weighted by Gasteiger charge is 2.16. The number of hydrogen-bond donors (Lipinski definition) is 1. The SMILES string of the molecule is CN(Cc1ccc(Br)cc1)c1cccc(S(C)(=O)=O)c1N. The number of para-hydroxylation sites is 1. The fourth-order valence-corrected chi connectivity index (χ4v) is 3.23. The van der Waals surface area contributed by atoms with Crippen molar-refractivity contribution in [3.05, 3.63) is 52.5 Å². The molecule has 2 aromatic rings. The molecule has 0 bridgehead atoms. The Hall–Kier alpha value is -1.53. The Kier molecular flexibility index (Phi) is 4.58. The van der Waals surface area contributed by atoms with Crippen LogP contribution in [0.15, 0.2) is 51.8 Å². The Morgan fingerprint density at radius 3 is 2.33 bits per heavy atom. The van der Waals surface area contributed by atoms with Crippen LogP contribution >= 0.6 is 15.9 Å². The first-order valence-electron chi connectivity index (χ1n) is 6.33. The summed E-state index contributed by atoms with van der Waals surface area (Å²) in [6.45, 7) is 0.644. The number of halogens is 1. The summed E-state index contributed by atoms with van der Waals surface area (Å²) in [5, 5.41) is 0. The zero-order valence-corrected chi connectivity index (χ0v) is 14.3. The van der Waals surface area contributed by atoms with Crippen LogP contribution in [0.25, 0.3) is 0 Å². The van der Waals surface area contributed by atoms with Gasteiger partial charge in [0.1, 0.15) is 0 Å². The summed E-state index contributed by atoms with van der Waals surface area (Å²) in [5.41, 5.74) is 8.14. The van der Waals surface area contributed by atoms with Crippen molar-refractivity contribution < 1.29 is 8.42 Å². The van der Waals surface area contributed by atoms with Crippen LogP contribution in [0.3, 0.4) is 0 Å². The van der Waals surface area contributed by atoms with Gasteiger partial charge >= 0.3 is 0 Å². The molecule has 0 spiro atoms. The predicted molar refractivity (Wildman–Crippen MR) is 90.2 cm³/mol. The minimum absolute atomic E-state index is 0.169. The van der Waals surface area contributed by atoms with Crippen molar-refractivity contribution in [1.82, 2.24) is 0 Å². The van der Waals surface area contributed by atoms with Gasteiger partial charge in [0, 0.05) is 24.3 Å². The van der Waals surface area contributed by atoms with Crippen LogP contribution in [-0.2, 0) is 16.4 Å². The lowest BCUT2D eigenvalue weighted by atomic mass is 10.2. The van der Waals surface area contributed by atoms with Gasteiger partial charge in [-0.1, -0.05) is 34.1 Å². The third-order valence-electron chi connectivity index (χ3n) is 3.19. The summed E-state index contributed by atoms with van der Waals surface area (Å²) in [4.78, 5) is 2.11. The number of anilines is 2. The lowest BCUT2D eigenvalue weighted by Gasteiger charge is -2.22. The number of benzene rings is 2. The molecule has 0 unspecified atom stereocenters. The predicted octanol–water partition coefficient (Wildman–Crippen LogP) is 3.07. The second kappa shape index (κ2) is 6.07. The monoisotopic (exact) mass is 368 g/mol. The first-order chi connectivity index (χ1) is 9.79. The fourth-order valence-electron chi connectivity index (χ4n) is 2.14. The summed E-state index contributed by atoms with van der Waals surface area (Å²) < 4.78 is 24.5. The number of hydrogen-bond acceptors (Lipinski definition) is 4. The van der Waals surface area contributed by atoms with Crippen molar-refractivity contribution in [3.63, 3.8) is 0 Å². The molecule has 112 valence electrons. The number of nitrogens with zero attached hydrogens (tertiary/aromatic N) is 1. The average Bonchev–Trinajstić information content (AvgIpc) is 2.40. The molecule has 0 aliphatic heterocycles. The quantitative estimate of drug-likeness (QED) is 0.842. The van der Waals surface area contributed by atoms with E-state index in [9.17, 15) is 8.42 Å². The topological polar surface area (TPSA) is 63.4 Å². The van der Waals surface area contributed by atoms with Gasteiger partial charge in [-0.3, -0.25) is 0 Å². The van der Waals surface area contributed by atoms with Gasteiger partial charge in [-0.15, -0.1) is 0 Å². The fraction of sp³-hybridized carbons (Fsp3) is 0.200. The van der Waals surface area contributed by atoms with E-state index in [4.69, 9.17) is 5.73 Å². The van der Waals surface area contributed by atoms with Gasteiger partial charge in [0.15, 0.2) is 9.84 Å². The van der Waals surface area contributed by atoms with Crippen LogP contribution < -0.4 is 10.6 Å². The van der Waals surface area contributed by atoms with Crippen molar-refractivity contribution in [2.24, 2.45) is 0 Å². The molecule has 0 heterocycles. The molecule has 0 saturated carbocycles. The summed E-state index contributed by atoms with van der Waals surface area (Å²) in [7, 11) is -1.44. The number of rotatable bonds is 4. The molecule has 0 amide bonds. The molecule has 6 heteroatoms. The number of sulfone groups is 1. The maximum absolute atomic E-state index is 11.7. The van der Waals surface area contributed by atoms with Gasteiger partial charge in [0.05, 0.1) is 16.3 Å². The number of nitrogens with two attached hydrogens (primary N) is 1. The molecule has 2 rings (SSSR count). The molecule has 4 nitrogen and oxygen atoms in total. The van der Waals surface area contributed by atoms with Crippen molar-refractivity contribution in [2.75, 3.05) is 23.9 Å². The lowest BCUT2D eigenvalue weighted by molar-refractivity contribution is 0.602. The molecule has 0 atom stereocenters. The van der Waals surface area contributed by atoms with E-state index in [0.29, 0.717) is 17.9 Å². The molecule has 0 aliphatic carbocycles. The lowest BCUT2D eigenvalue weighted by Crippen LogP contribution is -2.18. The maximum Gasteiger partial charge on any atom is 0.177 e. The van der Waals surface area contributed by atoms with Gasteiger partial charge < -0.3 is 10.6 Å². The highest BCUT2D eigenvalue weighted by atomic mass is 79.9. The van der Waals surface area contributed by atoms with Crippen molar-refractivity contribution in [1.29, 1.82) is 0 Å². The smallest absolute Gasteiger partial charge is 0.177 e. The summed E-state index contributed by atoms with van der Waals surface area (Å²) >= 11 is 3.40. The molecule has 2 N–H and O–H groups in total. The second-order valence-corrected chi connectivity index (χ2v) is 7.84. The summed E-state index contributed by atoms with van der Waals surface area (Å²) in [6.07, 6.45) is 1.16. The third-order valence-corrected chi connectivity index (χ3v) is 4.87. The first kappa shape index (κ1) is 15.9. The molecule has 0 fully saturated rings. The molecule has 0 radical (unpaired) electrons. The molecule has 0 aliphatic rings. The van der Waals surface area contributed by atoms with E-state index in [1.807, 2.05) is 42.3 Å². The molecular weight excluding hydrogens is 352 g/mol. The van der Waals surface area contributed by atoms with Crippen LogP contribution in [0.1, 0.15) is 5.56 Å². The van der Waals surface area contributed by atoms with Crippen LogP contribution in [-0.4, -0.2) is 21.7 Å². The normalized spacial score (nSPS) is 11.4. The maximum atomic E-state index is 11.7. The minimum atomic E-state index is -3.33. The molecular formula is C15H17BrN2O2S. The Labute approximate surface area is 133 Å². The second-order valence-electron chi connectivity index (χ2n) is 4.94. The van der Waals surface area contributed by atoms with Crippen LogP contribution in [0.2, 0.25) is 0 Å². The van der Waals surface area contributed by atoms with E-state index in [0.717, 1.165) is 16.3 Å². The number of nitrogen functional groups attached to an aromatic ring is 1. The van der Waals surface area contributed by atoms with E-state index < -0.39 is 9.84 Å². The minimum Gasteiger partial charge on any atom is -0.396 e. The average molecular weight is 369 g/mol. The first-order valence-corrected chi connectivity index (χ1v) is 9.01. The van der Waals surface area contributed by atoms with Gasteiger partial charge in [0.25, 0.3) is 0 Å². The highest BCUT2D eigenvalue weighted by molar-refractivity contribution is 9.10. The summed E-state index contributed by atoms with van der Waals surface area (Å²) in [5.74, 6) is 0. The zero-order valence-electron chi connectivity index (χ0n) is 11.9. The third kappa shape index (κ3) is 3.77. The van der Waals surface area contributed by atoms with Crippen LogP contribution in [0.5, 0.6) is 0 Å². The van der Waals surface area contributed by atoms with Crippen molar-refractivity contribution >= 4 is 37.1 Å². The van der Waals surface area contributed by atoms with Gasteiger partial charge in [0.2, 0.25) is 0 Å². The van der Waals surface area contributed by atoms with Crippen molar-refractivity contribution in [2.45, 2.75) is 11.4 Å². The highest BCUT2D eigenvalue weighted by Crippen LogP contribution is 2.30. The Balaban J connectivity index is 2.31. The molecule has 2 aromatic carbocycles. The van der Waals surface area contributed by atoms with E-state index >= 15 is 0 Å². The molecule has 21 heavy (non-hydrogen) atoms.